The van der Waals surface area contributed by atoms with Crippen LogP contribution in [0.3, 0.4) is 0 Å². The fourth-order valence-electron chi connectivity index (χ4n) is 2.52. The van der Waals surface area contributed by atoms with E-state index >= 15 is 0 Å². The molecule has 3 rings (SSSR count). The number of benzene rings is 1. The third kappa shape index (κ3) is 2.41. The van der Waals surface area contributed by atoms with Crippen LogP contribution in [0.1, 0.15) is 21.5 Å². The molecule has 0 bridgehead atoms. The monoisotopic (exact) mass is 293 g/mol. The first-order valence-electron chi connectivity index (χ1n) is 6.48. The van der Waals surface area contributed by atoms with Crippen molar-refractivity contribution in [2.45, 2.75) is 19.3 Å². The van der Waals surface area contributed by atoms with Crippen LogP contribution in [0.25, 0.3) is 0 Å². The summed E-state index contributed by atoms with van der Waals surface area (Å²) in [5.41, 5.74) is 2.67. The van der Waals surface area contributed by atoms with Crippen molar-refractivity contribution in [2.24, 2.45) is 0 Å². The van der Waals surface area contributed by atoms with E-state index in [1.807, 2.05) is 12.1 Å². The van der Waals surface area contributed by atoms with Crippen molar-refractivity contribution in [3.05, 3.63) is 34.9 Å². The van der Waals surface area contributed by atoms with Crippen molar-refractivity contribution in [1.29, 1.82) is 0 Å². The maximum Gasteiger partial charge on any atom is 0.327 e. The molecule has 0 aliphatic carbocycles. The Hall–Kier alpha value is -1.53. The number of carbonyl (C=O) groups is 2. The van der Waals surface area contributed by atoms with Crippen LogP contribution >= 0.6 is 11.8 Å². The number of nitrogens with zero attached hydrogens (tertiary/aromatic N) is 1. The van der Waals surface area contributed by atoms with E-state index in [1.54, 1.807) is 17.8 Å². The van der Waals surface area contributed by atoms with E-state index in [2.05, 4.69) is 0 Å². The minimum Gasteiger partial charge on any atom is -0.480 e. The molecule has 0 spiro atoms. The quantitative estimate of drug-likeness (QED) is 0.892. The number of hydrogen-bond acceptors (Lipinski definition) is 4. The third-order valence-corrected chi connectivity index (χ3v) is 4.67. The summed E-state index contributed by atoms with van der Waals surface area (Å²) in [7, 11) is 0. The van der Waals surface area contributed by atoms with E-state index in [-0.39, 0.29) is 5.91 Å². The van der Waals surface area contributed by atoms with Crippen LogP contribution in [0.4, 0.5) is 0 Å². The van der Waals surface area contributed by atoms with E-state index in [0.29, 0.717) is 31.1 Å². The Morgan fingerprint density at radius 1 is 1.30 bits per heavy atom. The highest BCUT2D eigenvalue weighted by Gasteiger charge is 2.33. The van der Waals surface area contributed by atoms with E-state index < -0.39 is 12.0 Å². The van der Waals surface area contributed by atoms with Crippen LogP contribution in [0.2, 0.25) is 0 Å². The molecule has 0 radical (unpaired) electrons. The topological polar surface area (TPSA) is 66.8 Å². The molecule has 2 aliphatic rings. The molecule has 2 heterocycles. The molecule has 5 nitrogen and oxygen atoms in total. The summed E-state index contributed by atoms with van der Waals surface area (Å²) in [5.74, 6) is 0.0982. The Balaban J connectivity index is 1.85. The number of aliphatic carboxylic acids is 1. The van der Waals surface area contributed by atoms with Crippen molar-refractivity contribution < 1.29 is 19.4 Å². The van der Waals surface area contributed by atoms with Gasteiger partial charge in [-0.15, -0.1) is 0 Å². The number of ether oxygens (including phenoxy) is 1. The van der Waals surface area contributed by atoms with Gasteiger partial charge in [0.05, 0.1) is 13.2 Å². The van der Waals surface area contributed by atoms with Gasteiger partial charge in [0.25, 0.3) is 5.91 Å². The fourth-order valence-corrected chi connectivity index (χ4v) is 3.56. The van der Waals surface area contributed by atoms with E-state index in [0.717, 1.165) is 16.9 Å². The molecule has 1 amide bonds. The van der Waals surface area contributed by atoms with Crippen LogP contribution in [-0.4, -0.2) is 46.0 Å². The molecule has 1 aromatic rings. The summed E-state index contributed by atoms with van der Waals surface area (Å²) >= 11 is 1.57. The lowest BCUT2D eigenvalue weighted by molar-refractivity contribution is -0.141. The van der Waals surface area contributed by atoms with E-state index in [9.17, 15) is 14.7 Å². The molecule has 6 heteroatoms. The average molecular weight is 293 g/mol. The van der Waals surface area contributed by atoms with Crippen LogP contribution in [0.5, 0.6) is 0 Å². The zero-order chi connectivity index (χ0) is 14.1. The predicted octanol–water partition coefficient (Wildman–Crippen LogP) is 1.36. The normalized spacial score (nSPS) is 21.6. The molecule has 1 saturated heterocycles. The van der Waals surface area contributed by atoms with Crippen molar-refractivity contribution in [3.8, 4) is 0 Å². The number of hydrogen-bond donors (Lipinski definition) is 1. The first-order valence-corrected chi connectivity index (χ1v) is 7.63. The van der Waals surface area contributed by atoms with E-state index in [1.165, 1.54) is 4.90 Å². The minimum atomic E-state index is -0.935. The number of fused-ring (bicyclic) bond motifs is 1. The Labute approximate surface area is 120 Å². The number of carboxylic acids is 1. The van der Waals surface area contributed by atoms with Crippen molar-refractivity contribution in [2.75, 3.05) is 18.1 Å². The highest BCUT2D eigenvalue weighted by Crippen LogP contribution is 2.24. The molecule has 20 heavy (non-hydrogen) atoms. The van der Waals surface area contributed by atoms with Gasteiger partial charge in [0.2, 0.25) is 0 Å². The highest BCUT2D eigenvalue weighted by atomic mass is 32.2. The van der Waals surface area contributed by atoms with E-state index in [4.69, 9.17) is 4.74 Å². The molecule has 1 N–H and O–H groups in total. The first kappa shape index (κ1) is 13.5. The van der Waals surface area contributed by atoms with Crippen LogP contribution in [0, 0.1) is 0 Å². The van der Waals surface area contributed by atoms with Crippen molar-refractivity contribution in [3.63, 3.8) is 0 Å². The van der Waals surface area contributed by atoms with Crippen molar-refractivity contribution in [1.82, 2.24) is 4.90 Å². The molecule has 106 valence electrons. The lowest BCUT2D eigenvalue weighted by Crippen LogP contribution is -2.50. The molecule has 1 aromatic carbocycles. The first-order chi connectivity index (χ1) is 9.66. The standard InChI is InChI=1S/C14H15NO4S/c16-13(15-3-4-20-8-12(15)14(17)18)9-1-2-10-6-19-7-11(10)5-9/h1-2,5,12H,3-4,6-8H2,(H,17,18). The minimum absolute atomic E-state index is 0.201. The second-order valence-electron chi connectivity index (χ2n) is 4.90. The second-order valence-corrected chi connectivity index (χ2v) is 6.05. The van der Waals surface area contributed by atoms with Gasteiger partial charge in [-0.25, -0.2) is 4.79 Å². The Kier molecular flexibility index (Phi) is 3.67. The molecule has 0 saturated carbocycles. The molecular formula is C14H15NO4S. The number of thioether (sulfide) groups is 1. The number of carbonyl (C=O) groups excluding carboxylic acids is 1. The lowest BCUT2D eigenvalue weighted by atomic mass is 10.0. The number of rotatable bonds is 2. The average Bonchev–Trinajstić information content (AvgIpc) is 2.93. The Bertz CT molecular complexity index is 560. The summed E-state index contributed by atoms with van der Waals surface area (Å²) in [4.78, 5) is 25.3. The maximum atomic E-state index is 12.5. The highest BCUT2D eigenvalue weighted by molar-refractivity contribution is 7.99. The maximum absolute atomic E-state index is 12.5. The van der Waals surface area contributed by atoms with Crippen LogP contribution in [0.15, 0.2) is 18.2 Å². The smallest absolute Gasteiger partial charge is 0.327 e. The summed E-state index contributed by atoms with van der Waals surface area (Å²) in [6.07, 6.45) is 0. The molecule has 0 aromatic heterocycles. The fraction of sp³-hybridized carbons (Fsp3) is 0.429. The summed E-state index contributed by atoms with van der Waals surface area (Å²) < 4.78 is 5.33. The van der Waals surface area contributed by atoms with Crippen LogP contribution < -0.4 is 0 Å². The summed E-state index contributed by atoms with van der Waals surface area (Å²) in [6.45, 7) is 1.59. The van der Waals surface area contributed by atoms with Gasteiger partial charge in [-0.2, -0.15) is 11.8 Å². The van der Waals surface area contributed by atoms with Gasteiger partial charge in [-0.3, -0.25) is 4.79 Å². The van der Waals surface area contributed by atoms with Gasteiger partial charge in [-0.05, 0) is 23.3 Å². The largest absolute Gasteiger partial charge is 0.480 e. The molecule has 2 aliphatic heterocycles. The Morgan fingerprint density at radius 3 is 2.90 bits per heavy atom. The molecule has 1 atom stereocenters. The predicted molar refractivity (Wildman–Crippen MR) is 74.7 cm³/mol. The van der Waals surface area contributed by atoms with Gasteiger partial charge in [0.1, 0.15) is 6.04 Å². The van der Waals surface area contributed by atoms with Gasteiger partial charge in [0.15, 0.2) is 0 Å². The third-order valence-electron chi connectivity index (χ3n) is 3.64. The Morgan fingerprint density at radius 2 is 2.10 bits per heavy atom. The zero-order valence-corrected chi connectivity index (χ0v) is 11.7. The summed E-state index contributed by atoms with van der Waals surface area (Å²) in [6, 6.07) is 4.75. The summed E-state index contributed by atoms with van der Waals surface area (Å²) in [5, 5.41) is 9.23. The second kappa shape index (κ2) is 5.46. The van der Waals surface area contributed by atoms with Crippen molar-refractivity contribution >= 4 is 23.6 Å². The van der Waals surface area contributed by atoms with Gasteiger partial charge < -0.3 is 14.7 Å². The number of carboxylic acid groups (broad SMARTS) is 1. The van der Waals surface area contributed by atoms with Crippen LogP contribution in [-0.2, 0) is 22.7 Å². The zero-order valence-electron chi connectivity index (χ0n) is 10.9. The number of amides is 1. The molecule has 1 fully saturated rings. The SMILES string of the molecule is O=C(O)C1CSCCN1C(=O)c1ccc2c(c1)COC2. The van der Waals surface area contributed by atoms with Gasteiger partial charge in [0, 0.05) is 23.6 Å². The van der Waals surface area contributed by atoms with Gasteiger partial charge in [-0.1, -0.05) is 6.07 Å². The van der Waals surface area contributed by atoms with Gasteiger partial charge >= 0.3 is 5.97 Å². The molecular weight excluding hydrogens is 278 g/mol. The lowest BCUT2D eigenvalue weighted by Gasteiger charge is -2.32. The molecule has 1 unspecified atom stereocenters.